The van der Waals surface area contributed by atoms with E-state index in [4.69, 9.17) is 4.74 Å². The molecule has 134 valence electrons. The molecule has 0 fully saturated rings. The van der Waals surface area contributed by atoms with Crippen LogP contribution in [0.2, 0.25) is 0 Å². The maximum Gasteiger partial charge on any atom is 0.341 e. The zero-order valence-corrected chi connectivity index (χ0v) is 15.6. The van der Waals surface area contributed by atoms with Crippen molar-refractivity contribution in [2.45, 2.75) is 27.7 Å². The number of aryl methyl sites for hydroxylation is 2. The second-order valence-corrected chi connectivity index (χ2v) is 6.15. The van der Waals surface area contributed by atoms with Crippen molar-refractivity contribution in [1.29, 1.82) is 0 Å². The van der Waals surface area contributed by atoms with E-state index < -0.39 is 0 Å². The van der Waals surface area contributed by atoms with Crippen molar-refractivity contribution in [2.75, 3.05) is 18.1 Å². The molecule has 0 radical (unpaired) electrons. The molecule has 0 unspecified atom stereocenters. The summed E-state index contributed by atoms with van der Waals surface area (Å²) >= 11 is 0. The minimum atomic E-state index is -0.372. The number of hydrogen-bond acceptors (Lipinski definition) is 5. The van der Waals surface area contributed by atoms with E-state index in [0.717, 1.165) is 28.0 Å². The standard InChI is InChI=1S/C21H23N3O2/c1-5-24(16-9-7-8-14(3)12-16)19-17-11-10-15(4)23-20(17)22-13-18(19)21(25)26-6-2/h7-13H,5-6H2,1-4H3. The number of rotatable bonds is 5. The second-order valence-electron chi connectivity index (χ2n) is 6.15. The zero-order valence-electron chi connectivity index (χ0n) is 15.6. The Morgan fingerprint density at radius 2 is 1.96 bits per heavy atom. The van der Waals surface area contributed by atoms with Gasteiger partial charge < -0.3 is 9.64 Å². The lowest BCUT2D eigenvalue weighted by atomic mass is 10.1. The summed E-state index contributed by atoms with van der Waals surface area (Å²) in [5, 5.41) is 0.838. The van der Waals surface area contributed by atoms with Gasteiger partial charge in [-0.2, -0.15) is 0 Å². The highest BCUT2D eigenvalue weighted by Crippen LogP contribution is 2.35. The van der Waals surface area contributed by atoms with E-state index in [1.54, 1.807) is 13.1 Å². The Morgan fingerprint density at radius 3 is 2.65 bits per heavy atom. The van der Waals surface area contributed by atoms with Crippen LogP contribution in [0.4, 0.5) is 11.4 Å². The van der Waals surface area contributed by atoms with Crippen molar-refractivity contribution in [3.05, 3.63) is 59.4 Å². The number of aromatic nitrogens is 2. The first kappa shape index (κ1) is 17.9. The number of carbonyl (C=O) groups is 1. The van der Waals surface area contributed by atoms with Gasteiger partial charge in [-0.05, 0) is 57.5 Å². The first-order valence-electron chi connectivity index (χ1n) is 8.82. The van der Waals surface area contributed by atoms with Gasteiger partial charge in [0, 0.05) is 29.5 Å². The number of nitrogens with zero attached hydrogens (tertiary/aromatic N) is 3. The van der Waals surface area contributed by atoms with Crippen LogP contribution >= 0.6 is 0 Å². The van der Waals surface area contributed by atoms with Crippen molar-refractivity contribution in [3.63, 3.8) is 0 Å². The predicted molar refractivity (Wildman–Crippen MR) is 104 cm³/mol. The van der Waals surface area contributed by atoms with Crippen LogP contribution in [0.3, 0.4) is 0 Å². The molecule has 0 aliphatic carbocycles. The van der Waals surface area contributed by atoms with Gasteiger partial charge in [0.05, 0.1) is 12.3 Å². The summed E-state index contributed by atoms with van der Waals surface area (Å²) in [6, 6.07) is 12.1. The van der Waals surface area contributed by atoms with Gasteiger partial charge >= 0.3 is 5.97 Å². The van der Waals surface area contributed by atoms with Crippen molar-refractivity contribution in [1.82, 2.24) is 9.97 Å². The maximum absolute atomic E-state index is 12.6. The lowest BCUT2D eigenvalue weighted by Crippen LogP contribution is -2.21. The fourth-order valence-corrected chi connectivity index (χ4v) is 3.07. The third-order valence-electron chi connectivity index (χ3n) is 4.24. The Kier molecular flexibility index (Phi) is 5.16. The first-order valence-corrected chi connectivity index (χ1v) is 8.82. The van der Waals surface area contributed by atoms with Crippen LogP contribution in [0.25, 0.3) is 11.0 Å². The average Bonchev–Trinajstić information content (AvgIpc) is 2.62. The summed E-state index contributed by atoms with van der Waals surface area (Å²) < 4.78 is 5.27. The van der Waals surface area contributed by atoms with E-state index in [-0.39, 0.29) is 5.97 Å². The second kappa shape index (κ2) is 7.52. The molecule has 2 heterocycles. The Balaban J connectivity index is 2.28. The lowest BCUT2D eigenvalue weighted by Gasteiger charge is -2.27. The number of fused-ring (bicyclic) bond motifs is 1. The Morgan fingerprint density at radius 1 is 1.15 bits per heavy atom. The molecule has 0 saturated carbocycles. The van der Waals surface area contributed by atoms with E-state index >= 15 is 0 Å². The molecule has 1 aromatic carbocycles. The van der Waals surface area contributed by atoms with E-state index in [2.05, 4.69) is 40.8 Å². The van der Waals surface area contributed by atoms with E-state index in [9.17, 15) is 4.79 Å². The molecule has 5 nitrogen and oxygen atoms in total. The van der Waals surface area contributed by atoms with Crippen LogP contribution < -0.4 is 4.90 Å². The van der Waals surface area contributed by atoms with Gasteiger partial charge in [-0.3, -0.25) is 0 Å². The monoisotopic (exact) mass is 349 g/mol. The van der Waals surface area contributed by atoms with Gasteiger partial charge in [0.1, 0.15) is 5.56 Å². The van der Waals surface area contributed by atoms with Crippen molar-refractivity contribution < 1.29 is 9.53 Å². The van der Waals surface area contributed by atoms with Gasteiger partial charge in [-0.15, -0.1) is 0 Å². The lowest BCUT2D eigenvalue weighted by molar-refractivity contribution is 0.0527. The minimum absolute atomic E-state index is 0.318. The predicted octanol–water partition coefficient (Wildman–Crippen LogP) is 4.58. The normalized spacial score (nSPS) is 10.8. The molecule has 26 heavy (non-hydrogen) atoms. The molecule has 0 spiro atoms. The summed E-state index contributed by atoms with van der Waals surface area (Å²) in [5.74, 6) is -0.372. The zero-order chi connectivity index (χ0) is 18.7. The van der Waals surface area contributed by atoms with Crippen molar-refractivity contribution >= 4 is 28.4 Å². The molecule has 0 bridgehead atoms. The highest BCUT2D eigenvalue weighted by Gasteiger charge is 2.22. The number of esters is 1. The maximum atomic E-state index is 12.6. The quantitative estimate of drug-likeness (QED) is 0.631. The number of benzene rings is 1. The summed E-state index contributed by atoms with van der Waals surface area (Å²) in [4.78, 5) is 23.6. The van der Waals surface area contributed by atoms with Gasteiger partial charge in [0.25, 0.3) is 0 Å². The van der Waals surface area contributed by atoms with Gasteiger partial charge in [0.15, 0.2) is 5.65 Å². The number of anilines is 2. The molecule has 2 aromatic heterocycles. The molecule has 3 rings (SSSR count). The van der Waals surface area contributed by atoms with Crippen LogP contribution in [-0.2, 0) is 4.74 Å². The molecule has 0 aliphatic rings. The molecular weight excluding hydrogens is 326 g/mol. The summed E-state index contributed by atoms with van der Waals surface area (Å²) in [6.07, 6.45) is 1.57. The van der Waals surface area contributed by atoms with E-state index in [1.165, 1.54) is 0 Å². The largest absolute Gasteiger partial charge is 0.462 e. The first-order chi connectivity index (χ1) is 12.5. The average molecular weight is 349 g/mol. The summed E-state index contributed by atoms with van der Waals surface area (Å²) in [6.45, 7) is 8.86. The van der Waals surface area contributed by atoms with E-state index in [1.807, 2.05) is 31.2 Å². The summed E-state index contributed by atoms with van der Waals surface area (Å²) in [5.41, 5.74) is 4.93. The fourth-order valence-electron chi connectivity index (χ4n) is 3.07. The highest BCUT2D eigenvalue weighted by atomic mass is 16.5. The Hall–Kier alpha value is -2.95. The summed E-state index contributed by atoms with van der Waals surface area (Å²) in [7, 11) is 0. The number of ether oxygens (including phenoxy) is 1. The molecule has 5 heteroatoms. The van der Waals surface area contributed by atoms with Gasteiger partial charge in [-0.1, -0.05) is 12.1 Å². The number of pyridine rings is 2. The smallest absolute Gasteiger partial charge is 0.341 e. The Bertz CT molecular complexity index is 953. The third-order valence-corrected chi connectivity index (χ3v) is 4.24. The van der Waals surface area contributed by atoms with E-state index in [0.29, 0.717) is 24.4 Å². The molecule has 0 amide bonds. The van der Waals surface area contributed by atoms with Crippen LogP contribution in [-0.4, -0.2) is 29.1 Å². The molecular formula is C21H23N3O2. The third kappa shape index (κ3) is 3.38. The molecule has 3 aromatic rings. The van der Waals surface area contributed by atoms with Gasteiger partial charge in [0.2, 0.25) is 0 Å². The number of carbonyl (C=O) groups excluding carboxylic acids is 1. The Labute approximate surface area is 153 Å². The minimum Gasteiger partial charge on any atom is -0.462 e. The van der Waals surface area contributed by atoms with Crippen molar-refractivity contribution in [3.8, 4) is 0 Å². The topological polar surface area (TPSA) is 55.3 Å². The molecule has 0 N–H and O–H groups in total. The van der Waals surface area contributed by atoms with Crippen LogP contribution in [0.1, 0.15) is 35.5 Å². The molecule has 0 atom stereocenters. The molecule has 0 saturated heterocycles. The van der Waals surface area contributed by atoms with Crippen LogP contribution in [0.5, 0.6) is 0 Å². The fraction of sp³-hybridized carbons (Fsp3) is 0.286. The van der Waals surface area contributed by atoms with Crippen molar-refractivity contribution in [2.24, 2.45) is 0 Å². The highest BCUT2D eigenvalue weighted by molar-refractivity contribution is 6.05. The van der Waals surface area contributed by atoms with Gasteiger partial charge in [-0.25, -0.2) is 14.8 Å². The SMILES string of the molecule is CCOC(=O)c1cnc2nc(C)ccc2c1N(CC)c1cccc(C)c1. The number of hydrogen-bond donors (Lipinski definition) is 0. The molecule has 0 aliphatic heterocycles. The van der Waals surface area contributed by atoms with Crippen LogP contribution in [0.15, 0.2) is 42.6 Å². The van der Waals surface area contributed by atoms with Crippen LogP contribution in [0, 0.1) is 13.8 Å².